The molecule has 0 radical (unpaired) electrons. The van der Waals surface area contributed by atoms with Crippen molar-refractivity contribution in [2.75, 3.05) is 9.80 Å². The second-order valence-electron chi connectivity index (χ2n) is 15.7. The van der Waals surface area contributed by atoms with Gasteiger partial charge >= 0.3 is 0 Å². The van der Waals surface area contributed by atoms with Crippen LogP contribution in [-0.2, 0) is 0 Å². The highest BCUT2D eigenvalue weighted by Crippen LogP contribution is 2.46. The maximum absolute atomic E-state index is 10.4. The summed E-state index contributed by atoms with van der Waals surface area (Å²) in [6.07, 6.45) is 0. The van der Waals surface area contributed by atoms with Gasteiger partial charge in [0.15, 0.2) is 0 Å². The van der Waals surface area contributed by atoms with Crippen LogP contribution in [0.15, 0.2) is 216 Å². The van der Waals surface area contributed by atoms with Crippen molar-refractivity contribution < 1.29 is 8.85 Å². The van der Waals surface area contributed by atoms with Gasteiger partial charge in [-0.3, -0.25) is 0 Å². The number of hydrogen-bond donors (Lipinski definition) is 0. The minimum absolute atomic E-state index is 0.0849. The van der Waals surface area contributed by atoms with Gasteiger partial charge in [-0.2, -0.15) is 10.5 Å². The number of nitriles is 2. The van der Waals surface area contributed by atoms with Crippen LogP contribution in [0.4, 0.5) is 34.1 Å². The van der Waals surface area contributed by atoms with Crippen LogP contribution in [-0.4, -0.2) is 6.71 Å². The fourth-order valence-electron chi connectivity index (χ4n) is 9.09. The van der Waals surface area contributed by atoms with E-state index in [2.05, 4.69) is 77.7 Å². The lowest BCUT2D eigenvalue weighted by Gasteiger charge is -2.33. The summed E-state index contributed by atoms with van der Waals surface area (Å²) in [6.45, 7) is -2.71. The molecule has 64 heavy (non-hydrogen) atoms. The summed E-state index contributed by atoms with van der Waals surface area (Å²) in [6, 6.07) is 72.5. The van der Waals surface area contributed by atoms with Gasteiger partial charge in [0.05, 0.1) is 29.0 Å². The first-order chi connectivity index (χ1) is 32.8. The zero-order valence-corrected chi connectivity index (χ0v) is 35.1. The highest BCUT2D eigenvalue weighted by atomic mass is 32.2. The number of benzene rings is 9. The monoisotopic (exact) mass is 839 g/mol. The molecule has 0 spiro atoms. The van der Waals surface area contributed by atoms with Gasteiger partial charge in [0.1, 0.15) is 11.5 Å². The second kappa shape index (κ2) is 16.2. The highest BCUT2D eigenvalue weighted by Gasteiger charge is 2.39. The Hall–Kier alpha value is -8.23. The third kappa shape index (κ3) is 6.77. The zero-order valence-electron chi connectivity index (χ0n) is 37.3. The molecule has 0 N–H and O–H groups in total. The first kappa shape index (κ1) is 35.4. The van der Waals surface area contributed by atoms with Crippen molar-refractivity contribution in [2.45, 2.75) is 16.6 Å². The van der Waals surface area contributed by atoms with Gasteiger partial charge in [0.2, 0.25) is 0 Å². The lowest BCUT2D eigenvalue weighted by atomic mass is 9.35. The van der Waals surface area contributed by atoms with E-state index in [1.54, 1.807) is 17.8 Å². The Morgan fingerprint density at radius 2 is 1.11 bits per heavy atom. The standard InChI is InChI=1S/C57H37BN4OS/c1-38-31-39(36-59)32-49(57(38)62(45-19-10-4-11-20-45)46-21-12-5-13-22-46)41-27-30-51-55(34-41)64-54-24-14-23-52-56(54)58(51)50-29-26-40(33-53(50)63-52)48-35-47(28-25-42(48)37-60)61(43-15-6-2-7-16-43)44-17-8-3-9-18-44/h2-35H,1H3/i1D3. The number of aryl methyl sites for hydroxylation is 1. The molecule has 0 saturated heterocycles. The minimum atomic E-state index is -2.54. The molecule has 0 aromatic heterocycles. The van der Waals surface area contributed by atoms with Crippen LogP contribution in [0.3, 0.4) is 0 Å². The normalized spacial score (nSPS) is 12.7. The Morgan fingerprint density at radius 1 is 0.500 bits per heavy atom. The van der Waals surface area contributed by atoms with Crippen molar-refractivity contribution in [1.29, 1.82) is 10.5 Å². The number of rotatable bonds is 8. The van der Waals surface area contributed by atoms with Gasteiger partial charge < -0.3 is 14.5 Å². The van der Waals surface area contributed by atoms with Crippen LogP contribution in [0.25, 0.3) is 22.3 Å². The Bertz CT molecular complexity index is 3370. The second-order valence-corrected chi connectivity index (χ2v) is 16.8. The molecule has 5 nitrogen and oxygen atoms in total. The summed E-state index contributed by atoms with van der Waals surface area (Å²) in [7, 11) is 0. The van der Waals surface area contributed by atoms with Crippen molar-refractivity contribution >= 4 is 69.0 Å². The van der Waals surface area contributed by atoms with Crippen molar-refractivity contribution in [3.05, 3.63) is 223 Å². The molecule has 0 unspecified atom stereocenters. The van der Waals surface area contributed by atoms with E-state index < -0.39 is 6.85 Å². The number of ether oxygens (including phenoxy) is 1. The fourth-order valence-corrected chi connectivity index (χ4v) is 10.3. The van der Waals surface area contributed by atoms with E-state index in [9.17, 15) is 10.5 Å². The minimum Gasteiger partial charge on any atom is -0.458 e. The molecular weight excluding hydrogens is 800 g/mol. The molecule has 0 saturated carbocycles. The van der Waals surface area contributed by atoms with E-state index in [0.29, 0.717) is 22.6 Å². The van der Waals surface area contributed by atoms with Crippen LogP contribution < -0.4 is 30.9 Å². The van der Waals surface area contributed by atoms with Gasteiger partial charge in [-0.15, -0.1) is 0 Å². The molecular formula is C57H37BN4OS. The quantitative estimate of drug-likeness (QED) is 0.142. The molecule has 0 fully saturated rings. The average Bonchev–Trinajstić information content (AvgIpc) is 3.37. The maximum Gasteiger partial charge on any atom is 0.253 e. The summed E-state index contributed by atoms with van der Waals surface area (Å²) >= 11 is 1.65. The third-order valence-electron chi connectivity index (χ3n) is 11.9. The Morgan fingerprint density at radius 3 is 1.72 bits per heavy atom. The van der Waals surface area contributed by atoms with Crippen molar-refractivity contribution in [3.8, 4) is 45.9 Å². The maximum atomic E-state index is 10.4. The van der Waals surface area contributed by atoms with Crippen molar-refractivity contribution in [1.82, 2.24) is 0 Å². The van der Waals surface area contributed by atoms with Crippen LogP contribution >= 0.6 is 11.8 Å². The number of para-hydroxylation sites is 4. The molecule has 0 aliphatic carbocycles. The number of anilines is 6. The average molecular weight is 840 g/mol. The molecule has 9 aromatic rings. The topological polar surface area (TPSA) is 63.3 Å². The van der Waals surface area contributed by atoms with Gasteiger partial charge in [-0.25, -0.2) is 0 Å². The van der Waals surface area contributed by atoms with Crippen LogP contribution in [0.1, 0.15) is 20.8 Å². The Labute approximate surface area is 382 Å². The Balaban J connectivity index is 1.05. The summed E-state index contributed by atoms with van der Waals surface area (Å²) in [5.41, 5.74) is 12.1. The van der Waals surface area contributed by atoms with Crippen LogP contribution in [0, 0.1) is 29.5 Å². The largest absolute Gasteiger partial charge is 0.458 e. The van der Waals surface area contributed by atoms with Gasteiger partial charge in [0, 0.05) is 53.5 Å². The fraction of sp³-hybridized carbons (Fsp3) is 0.0175. The third-order valence-corrected chi connectivity index (χ3v) is 13.1. The summed E-state index contributed by atoms with van der Waals surface area (Å²) in [5.74, 6) is 1.48. The number of fused-ring (bicyclic) bond motifs is 4. The Kier molecular flexibility index (Phi) is 8.97. The van der Waals surface area contributed by atoms with Gasteiger partial charge in [-0.1, -0.05) is 120 Å². The molecule has 2 aliphatic heterocycles. The molecule has 0 amide bonds. The van der Waals surface area contributed by atoms with E-state index >= 15 is 0 Å². The van der Waals surface area contributed by atoms with E-state index in [-0.39, 0.29) is 17.8 Å². The molecule has 2 aliphatic rings. The van der Waals surface area contributed by atoms with Crippen molar-refractivity contribution in [2.24, 2.45) is 0 Å². The SMILES string of the molecule is [2H]C([2H])([2H])c1cc(C#N)cc(-c2ccc3c(c2)Sc2cccc4c2B3c2ccc(-c3cc(N(c5ccccc5)c5ccccc5)ccc3C#N)cc2O4)c1N(c1ccccc1)c1ccccc1. The zero-order chi connectivity index (χ0) is 45.6. The predicted octanol–water partition coefficient (Wildman–Crippen LogP) is 13.1. The van der Waals surface area contributed by atoms with Crippen LogP contribution in [0.5, 0.6) is 11.5 Å². The van der Waals surface area contributed by atoms with E-state index in [4.69, 9.17) is 8.85 Å². The lowest BCUT2D eigenvalue weighted by molar-refractivity contribution is 0.486. The first-order valence-corrected chi connectivity index (χ1v) is 21.8. The molecule has 9 aromatic carbocycles. The van der Waals surface area contributed by atoms with Gasteiger partial charge in [0.25, 0.3) is 6.71 Å². The summed E-state index contributed by atoms with van der Waals surface area (Å²) < 4.78 is 33.2. The number of hydrogen-bond acceptors (Lipinski definition) is 6. The van der Waals surface area contributed by atoms with E-state index in [1.165, 1.54) is 6.07 Å². The molecule has 0 atom stereocenters. The first-order valence-electron chi connectivity index (χ1n) is 22.5. The van der Waals surface area contributed by atoms with E-state index in [0.717, 1.165) is 77.1 Å². The number of nitrogens with zero attached hydrogens (tertiary/aromatic N) is 4. The summed E-state index contributed by atoms with van der Waals surface area (Å²) in [5, 5.41) is 20.8. The molecule has 7 heteroatoms. The van der Waals surface area contributed by atoms with Crippen molar-refractivity contribution in [3.63, 3.8) is 0 Å². The molecule has 2 heterocycles. The summed E-state index contributed by atoms with van der Waals surface area (Å²) in [4.78, 5) is 6.24. The highest BCUT2D eigenvalue weighted by molar-refractivity contribution is 8.00. The smallest absolute Gasteiger partial charge is 0.253 e. The van der Waals surface area contributed by atoms with Crippen LogP contribution in [0.2, 0.25) is 0 Å². The van der Waals surface area contributed by atoms with Gasteiger partial charge in [-0.05, 0) is 138 Å². The lowest BCUT2D eigenvalue weighted by Crippen LogP contribution is -2.57. The van der Waals surface area contributed by atoms with E-state index in [1.807, 2.05) is 138 Å². The molecule has 11 rings (SSSR count). The molecule has 300 valence electrons. The molecule has 0 bridgehead atoms. The predicted molar refractivity (Wildman–Crippen MR) is 263 cm³/mol.